The second kappa shape index (κ2) is 5.41. The summed E-state index contributed by atoms with van der Waals surface area (Å²) in [6, 6.07) is 6.79. The Labute approximate surface area is 96.5 Å². The zero-order valence-electron chi connectivity index (χ0n) is 10.1. The summed E-state index contributed by atoms with van der Waals surface area (Å²) in [5, 5.41) is 12.7. The van der Waals surface area contributed by atoms with Crippen molar-refractivity contribution in [2.24, 2.45) is 0 Å². The molecule has 1 aromatic rings. The van der Waals surface area contributed by atoms with E-state index in [0.717, 1.165) is 5.56 Å². The van der Waals surface area contributed by atoms with Gasteiger partial charge in [0.1, 0.15) is 5.82 Å². The molecule has 0 saturated heterocycles. The number of hydrogen-bond donors (Lipinski definition) is 2. The average molecular weight is 225 g/mol. The fourth-order valence-electron chi connectivity index (χ4n) is 1.95. The molecule has 0 amide bonds. The average Bonchev–Trinajstić information content (AvgIpc) is 2.16. The minimum Gasteiger partial charge on any atom is -0.394 e. The van der Waals surface area contributed by atoms with Crippen molar-refractivity contribution in [1.29, 1.82) is 0 Å². The van der Waals surface area contributed by atoms with Crippen molar-refractivity contribution in [3.8, 4) is 0 Å². The summed E-state index contributed by atoms with van der Waals surface area (Å²) in [4.78, 5) is 0. The van der Waals surface area contributed by atoms with Gasteiger partial charge in [-0.25, -0.2) is 4.39 Å². The number of aliphatic hydroxyl groups is 1. The van der Waals surface area contributed by atoms with Crippen LogP contribution in [0.2, 0.25) is 0 Å². The summed E-state index contributed by atoms with van der Waals surface area (Å²) >= 11 is 0. The van der Waals surface area contributed by atoms with E-state index in [2.05, 4.69) is 5.32 Å². The molecule has 0 aromatic heterocycles. The Kier molecular flexibility index (Phi) is 4.44. The molecule has 0 saturated carbocycles. The van der Waals surface area contributed by atoms with Crippen LogP contribution in [-0.4, -0.2) is 23.3 Å². The summed E-state index contributed by atoms with van der Waals surface area (Å²) in [7, 11) is 0. The number of aliphatic hydroxyl groups excluding tert-OH is 1. The summed E-state index contributed by atoms with van der Waals surface area (Å²) < 4.78 is 13.0. The van der Waals surface area contributed by atoms with Crippen molar-refractivity contribution in [2.45, 2.75) is 38.8 Å². The fraction of sp³-hybridized carbons (Fsp3) is 0.538. The molecule has 1 unspecified atom stereocenters. The van der Waals surface area contributed by atoms with Gasteiger partial charge in [-0.15, -0.1) is 0 Å². The van der Waals surface area contributed by atoms with Crippen molar-refractivity contribution in [1.82, 2.24) is 5.32 Å². The first-order valence-corrected chi connectivity index (χ1v) is 5.58. The zero-order valence-corrected chi connectivity index (χ0v) is 10.1. The molecule has 0 aliphatic carbocycles. The summed E-state index contributed by atoms with van der Waals surface area (Å²) in [6.07, 6.45) is 0.611. The maximum absolute atomic E-state index is 13.0. The molecule has 1 rings (SSSR count). The molecule has 2 N–H and O–H groups in total. The lowest BCUT2D eigenvalue weighted by Gasteiger charge is -2.31. The van der Waals surface area contributed by atoms with Crippen LogP contribution in [0.25, 0.3) is 0 Å². The summed E-state index contributed by atoms with van der Waals surface area (Å²) in [5.74, 6) is -0.234. The standard InChI is InChI=1S/C13H20FNO/c1-10(2)15-13(3,9-16)8-11-5-4-6-12(14)7-11/h4-7,10,15-16H,8-9H2,1-3H3. The lowest BCUT2D eigenvalue weighted by molar-refractivity contribution is 0.165. The molecule has 0 bridgehead atoms. The topological polar surface area (TPSA) is 32.3 Å². The highest BCUT2D eigenvalue weighted by molar-refractivity contribution is 5.19. The maximum Gasteiger partial charge on any atom is 0.123 e. The lowest BCUT2D eigenvalue weighted by Crippen LogP contribution is -2.50. The first kappa shape index (κ1) is 13.1. The Hall–Kier alpha value is -0.930. The predicted octanol–water partition coefficient (Wildman–Crippen LogP) is 2.12. The van der Waals surface area contributed by atoms with Crippen LogP contribution < -0.4 is 5.32 Å². The second-order valence-corrected chi connectivity index (χ2v) is 4.82. The van der Waals surface area contributed by atoms with Crippen LogP contribution in [0, 0.1) is 5.82 Å². The Morgan fingerprint density at radius 2 is 2.12 bits per heavy atom. The summed E-state index contributed by atoms with van der Waals surface area (Å²) in [6.45, 7) is 6.03. The van der Waals surface area contributed by atoms with E-state index in [9.17, 15) is 9.50 Å². The molecule has 0 aliphatic rings. The molecule has 16 heavy (non-hydrogen) atoms. The van der Waals surface area contributed by atoms with Crippen molar-refractivity contribution >= 4 is 0 Å². The van der Waals surface area contributed by atoms with E-state index < -0.39 is 5.54 Å². The maximum atomic E-state index is 13.0. The molecule has 0 heterocycles. The van der Waals surface area contributed by atoms with Gasteiger partial charge in [-0.2, -0.15) is 0 Å². The molecular formula is C13H20FNO. The van der Waals surface area contributed by atoms with E-state index >= 15 is 0 Å². The molecule has 1 atom stereocenters. The molecule has 90 valence electrons. The first-order chi connectivity index (χ1) is 7.45. The van der Waals surface area contributed by atoms with Crippen molar-refractivity contribution in [3.05, 3.63) is 35.6 Å². The van der Waals surface area contributed by atoms with E-state index in [4.69, 9.17) is 0 Å². The number of nitrogens with one attached hydrogen (secondary N) is 1. The lowest BCUT2D eigenvalue weighted by atomic mass is 9.93. The SMILES string of the molecule is CC(C)NC(C)(CO)Cc1cccc(F)c1. The number of hydrogen-bond acceptors (Lipinski definition) is 2. The number of rotatable bonds is 5. The van der Waals surface area contributed by atoms with Gasteiger partial charge < -0.3 is 10.4 Å². The van der Waals surface area contributed by atoms with E-state index in [1.807, 2.05) is 26.8 Å². The minimum absolute atomic E-state index is 0.0295. The molecule has 0 aliphatic heterocycles. The molecule has 0 radical (unpaired) electrons. The van der Waals surface area contributed by atoms with Crippen molar-refractivity contribution in [2.75, 3.05) is 6.61 Å². The molecule has 3 heteroatoms. The van der Waals surface area contributed by atoms with Gasteiger partial charge in [0.2, 0.25) is 0 Å². The third-order valence-electron chi connectivity index (χ3n) is 2.47. The van der Waals surface area contributed by atoms with Crippen LogP contribution in [-0.2, 0) is 6.42 Å². The van der Waals surface area contributed by atoms with Gasteiger partial charge in [0.15, 0.2) is 0 Å². The van der Waals surface area contributed by atoms with Gasteiger partial charge in [-0.1, -0.05) is 26.0 Å². The van der Waals surface area contributed by atoms with Crippen LogP contribution in [0.15, 0.2) is 24.3 Å². The highest BCUT2D eigenvalue weighted by atomic mass is 19.1. The van der Waals surface area contributed by atoms with Gasteiger partial charge in [-0.05, 0) is 31.0 Å². The molecule has 0 spiro atoms. The van der Waals surface area contributed by atoms with Crippen LogP contribution in [0.4, 0.5) is 4.39 Å². The van der Waals surface area contributed by atoms with Crippen LogP contribution in [0.3, 0.4) is 0 Å². The Morgan fingerprint density at radius 3 is 2.62 bits per heavy atom. The normalized spacial score (nSPS) is 15.1. The Bertz CT molecular complexity index is 340. The molecule has 1 aromatic carbocycles. The van der Waals surface area contributed by atoms with Gasteiger partial charge in [0, 0.05) is 11.6 Å². The second-order valence-electron chi connectivity index (χ2n) is 4.82. The molecular weight excluding hydrogens is 205 g/mol. The molecule has 2 nitrogen and oxygen atoms in total. The third kappa shape index (κ3) is 3.91. The number of halogens is 1. The predicted molar refractivity (Wildman–Crippen MR) is 63.9 cm³/mol. The quantitative estimate of drug-likeness (QED) is 0.804. The van der Waals surface area contributed by atoms with Gasteiger partial charge in [0.05, 0.1) is 6.61 Å². The van der Waals surface area contributed by atoms with E-state index in [1.165, 1.54) is 12.1 Å². The van der Waals surface area contributed by atoms with Crippen molar-refractivity contribution < 1.29 is 9.50 Å². The van der Waals surface area contributed by atoms with Gasteiger partial charge >= 0.3 is 0 Å². The largest absolute Gasteiger partial charge is 0.394 e. The van der Waals surface area contributed by atoms with Crippen LogP contribution in [0.5, 0.6) is 0 Å². The van der Waals surface area contributed by atoms with Crippen LogP contribution >= 0.6 is 0 Å². The van der Waals surface area contributed by atoms with Crippen LogP contribution in [0.1, 0.15) is 26.3 Å². The Balaban J connectivity index is 2.76. The van der Waals surface area contributed by atoms with Crippen molar-refractivity contribution in [3.63, 3.8) is 0 Å². The van der Waals surface area contributed by atoms with Gasteiger partial charge in [0.25, 0.3) is 0 Å². The number of benzene rings is 1. The Morgan fingerprint density at radius 1 is 1.44 bits per heavy atom. The summed E-state index contributed by atoms with van der Waals surface area (Å²) in [5.41, 5.74) is 0.492. The van der Waals surface area contributed by atoms with E-state index in [1.54, 1.807) is 6.07 Å². The van der Waals surface area contributed by atoms with E-state index in [0.29, 0.717) is 6.42 Å². The highest BCUT2D eigenvalue weighted by Crippen LogP contribution is 2.14. The minimum atomic E-state index is -0.401. The van der Waals surface area contributed by atoms with Gasteiger partial charge in [-0.3, -0.25) is 0 Å². The monoisotopic (exact) mass is 225 g/mol. The fourth-order valence-corrected chi connectivity index (χ4v) is 1.95. The highest BCUT2D eigenvalue weighted by Gasteiger charge is 2.24. The molecule has 0 fully saturated rings. The first-order valence-electron chi connectivity index (χ1n) is 5.58. The smallest absolute Gasteiger partial charge is 0.123 e. The third-order valence-corrected chi connectivity index (χ3v) is 2.47. The van der Waals surface area contributed by atoms with E-state index in [-0.39, 0.29) is 18.5 Å². The zero-order chi connectivity index (χ0) is 12.2.